The van der Waals surface area contributed by atoms with Gasteiger partial charge in [0, 0.05) is 12.2 Å². The van der Waals surface area contributed by atoms with E-state index in [1.165, 1.54) is 4.90 Å². The van der Waals surface area contributed by atoms with E-state index in [0.29, 0.717) is 36.4 Å². The van der Waals surface area contributed by atoms with Crippen LogP contribution in [0.2, 0.25) is 0 Å². The first-order chi connectivity index (χ1) is 13.9. The zero-order valence-corrected chi connectivity index (χ0v) is 17.5. The number of imide groups is 1. The van der Waals surface area contributed by atoms with Crippen molar-refractivity contribution < 1.29 is 14.3 Å². The molecule has 0 fully saturated rings. The molecule has 5 nitrogen and oxygen atoms in total. The summed E-state index contributed by atoms with van der Waals surface area (Å²) in [5.41, 5.74) is 4.43. The molecular weight excluding hydrogens is 364 g/mol. The molecule has 2 aromatic rings. The summed E-state index contributed by atoms with van der Waals surface area (Å²) in [5.74, 6) is 0.213. The number of aryl methyl sites for hydroxylation is 2. The molecular formula is C24H28N2O3. The molecule has 0 unspecified atom stereocenters. The number of carbonyl (C=O) groups excluding carboxylic acids is 2. The summed E-state index contributed by atoms with van der Waals surface area (Å²) in [5, 5.41) is 3.22. The normalized spacial score (nSPS) is 14.0. The van der Waals surface area contributed by atoms with E-state index in [1.54, 1.807) is 0 Å². The van der Waals surface area contributed by atoms with Gasteiger partial charge in [0.25, 0.3) is 11.8 Å². The number of hydrogen-bond acceptors (Lipinski definition) is 4. The lowest BCUT2D eigenvalue weighted by molar-refractivity contribution is -0.136. The van der Waals surface area contributed by atoms with Crippen LogP contribution in [0.1, 0.15) is 43.4 Å². The SMILES string of the molecule is CCCOc1ccc(C2=C(Nc3cc(C)cc(C)c3)C(=O)N(CCC)C2=O)cc1. The Morgan fingerprint density at radius 2 is 1.55 bits per heavy atom. The molecule has 2 aromatic carbocycles. The van der Waals surface area contributed by atoms with Crippen molar-refractivity contribution in [1.29, 1.82) is 0 Å². The largest absolute Gasteiger partial charge is 0.494 e. The molecule has 2 amide bonds. The van der Waals surface area contributed by atoms with Crippen LogP contribution in [0.15, 0.2) is 48.2 Å². The molecule has 152 valence electrons. The number of nitrogens with one attached hydrogen (secondary N) is 1. The number of carbonyl (C=O) groups is 2. The van der Waals surface area contributed by atoms with Crippen LogP contribution in [0.5, 0.6) is 5.75 Å². The minimum atomic E-state index is -0.280. The predicted molar refractivity (Wildman–Crippen MR) is 116 cm³/mol. The van der Waals surface area contributed by atoms with Gasteiger partial charge in [-0.25, -0.2) is 0 Å². The van der Waals surface area contributed by atoms with Crippen molar-refractivity contribution in [2.75, 3.05) is 18.5 Å². The molecule has 0 saturated heterocycles. The second kappa shape index (κ2) is 8.95. The highest BCUT2D eigenvalue weighted by molar-refractivity contribution is 6.36. The molecule has 0 spiro atoms. The Morgan fingerprint density at radius 1 is 0.897 bits per heavy atom. The van der Waals surface area contributed by atoms with Gasteiger partial charge in [-0.15, -0.1) is 0 Å². The summed E-state index contributed by atoms with van der Waals surface area (Å²) in [6, 6.07) is 13.4. The molecule has 0 bridgehead atoms. The van der Waals surface area contributed by atoms with Crippen molar-refractivity contribution in [3.8, 4) is 5.75 Å². The van der Waals surface area contributed by atoms with Gasteiger partial charge in [-0.05, 0) is 67.6 Å². The van der Waals surface area contributed by atoms with Crippen molar-refractivity contribution in [3.05, 3.63) is 64.9 Å². The molecule has 1 aliphatic rings. The van der Waals surface area contributed by atoms with Crippen LogP contribution in [0.4, 0.5) is 5.69 Å². The van der Waals surface area contributed by atoms with Gasteiger partial charge in [0.05, 0.1) is 12.2 Å². The molecule has 1 heterocycles. The second-order valence-corrected chi connectivity index (χ2v) is 7.39. The zero-order chi connectivity index (χ0) is 21.0. The van der Waals surface area contributed by atoms with Crippen molar-refractivity contribution in [2.24, 2.45) is 0 Å². The van der Waals surface area contributed by atoms with Crippen LogP contribution in [0.25, 0.3) is 5.57 Å². The van der Waals surface area contributed by atoms with E-state index in [-0.39, 0.29) is 11.8 Å². The average Bonchev–Trinajstić information content (AvgIpc) is 2.91. The van der Waals surface area contributed by atoms with E-state index in [2.05, 4.69) is 18.3 Å². The predicted octanol–water partition coefficient (Wildman–Crippen LogP) is 4.69. The number of anilines is 1. The molecule has 0 atom stereocenters. The van der Waals surface area contributed by atoms with E-state index in [1.807, 2.05) is 57.2 Å². The molecule has 1 aliphatic heterocycles. The Labute approximate surface area is 172 Å². The molecule has 3 rings (SSSR count). The highest BCUT2D eigenvalue weighted by Gasteiger charge is 2.38. The molecule has 1 N–H and O–H groups in total. The maximum absolute atomic E-state index is 13.1. The van der Waals surface area contributed by atoms with Crippen molar-refractivity contribution >= 4 is 23.1 Å². The Hall–Kier alpha value is -3.08. The second-order valence-electron chi connectivity index (χ2n) is 7.39. The number of nitrogens with zero attached hydrogens (tertiary/aromatic N) is 1. The third-order valence-corrected chi connectivity index (χ3v) is 4.72. The summed E-state index contributed by atoms with van der Waals surface area (Å²) in [6.07, 6.45) is 1.64. The number of ether oxygens (including phenoxy) is 1. The Morgan fingerprint density at radius 3 is 2.14 bits per heavy atom. The van der Waals surface area contributed by atoms with Gasteiger partial charge in [-0.3, -0.25) is 14.5 Å². The third-order valence-electron chi connectivity index (χ3n) is 4.72. The fraction of sp³-hybridized carbons (Fsp3) is 0.333. The van der Waals surface area contributed by atoms with Gasteiger partial charge in [-0.1, -0.05) is 32.0 Å². The van der Waals surface area contributed by atoms with Gasteiger partial charge in [0.1, 0.15) is 11.4 Å². The van der Waals surface area contributed by atoms with Gasteiger partial charge in [0.2, 0.25) is 0 Å². The quantitative estimate of drug-likeness (QED) is 0.662. The summed E-state index contributed by atoms with van der Waals surface area (Å²) in [4.78, 5) is 27.4. The molecule has 0 aliphatic carbocycles. The smallest absolute Gasteiger partial charge is 0.278 e. The number of rotatable bonds is 8. The van der Waals surface area contributed by atoms with Crippen molar-refractivity contribution in [1.82, 2.24) is 4.90 Å². The minimum absolute atomic E-state index is 0.258. The topological polar surface area (TPSA) is 58.6 Å². The lowest BCUT2D eigenvalue weighted by Crippen LogP contribution is -2.33. The van der Waals surface area contributed by atoms with E-state index in [9.17, 15) is 9.59 Å². The number of benzene rings is 2. The Kier molecular flexibility index (Phi) is 6.37. The zero-order valence-electron chi connectivity index (χ0n) is 17.5. The van der Waals surface area contributed by atoms with E-state index in [4.69, 9.17) is 4.74 Å². The summed E-state index contributed by atoms with van der Waals surface area (Å²) >= 11 is 0. The number of amides is 2. The van der Waals surface area contributed by atoms with E-state index < -0.39 is 0 Å². The van der Waals surface area contributed by atoms with Crippen LogP contribution >= 0.6 is 0 Å². The van der Waals surface area contributed by atoms with Crippen molar-refractivity contribution in [3.63, 3.8) is 0 Å². The Bertz CT molecular complexity index is 925. The lowest BCUT2D eigenvalue weighted by atomic mass is 10.0. The maximum atomic E-state index is 13.1. The molecule has 0 aromatic heterocycles. The lowest BCUT2D eigenvalue weighted by Gasteiger charge is -2.14. The maximum Gasteiger partial charge on any atom is 0.278 e. The highest BCUT2D eigenvalue weighted by atomic mass is 16.5. The van der Waals surface area contributed by atoms with Gasteiger partial charge in [-0.2, -0.15) is 0 Å². The average molecular weight is 392 g/mol. The standard InChI is InChI=1S/C24H28N2O3/c1-5-11-26-23(27)21(18-7-9-20(10-8-18)29-12-6-2)22(24(26)28)25-19-14-16(3)13-17(4)15-19/h7-10,13-15,25H,5-6,11-12H2,1-4H3. The minimum Gasteiger partial charge on any atom is -0.494 e. The first-order valence-electron chi connectivity index (χ1n) is 10.1. The van der Waals surface area contributed by atoms with E-state index >= 15 is 0 Å². The summed E-state index contributed by atoms with van der Waals surface area (Å²) in [6.45, 7) is 9.06. The summed E-state index contributed by atoms with van der Waals surface area (Å²) < 4.78 is 5.64. The van der Waals surface area contributed by atoms with Crippen LogP contribution in [-0.4, -0.2) is 29.9 Å². The Balaban J connectivity index is 2.01. The van der Waals surface area contributed by atoms with Gasteiger partial charge < -0.3 is 10.1 Å². The molecule has 5 heteroatoms. The van der Waals surface area contributed by atoms with Gasteiger partial charge in [0.15, 0.2) is 0 Å². The van der Waals surface area contributed by atoms with E-state index in [0.717, 1.165) is 29.0 Å². The fourth-order valence-electron chi connectivity index (χ4n) is 3.52. The highest BCUT2D eigenvalue weighted by Crippen LogP contribution is 2.32. The third kappa shape index (κ3) is 4.50. The molecule has 0 saturated carbocycles. The monoisotopic (exact) mass is 392 g/mol. The van der Waals surface area contributed by atoms with Crippen LogP contribution in [-0.2, 0) is 9.59 Å². The summed E-state index contributed by atoms with van der Waals surface area (Å²) in [7, 11) is 0. The van der Waals surface area contributed by atoms with Gasteiger partial charge >= 0.3 is 0 Å². The fourth-order valence-corrected chi connectivity index (χ4v) is 3.52. The van der Waals surface area contributed by atoms with Crippen molar-refractivity contribution in [2.45, 2.75) is 40.5 Å². The van der Waals surface area contributed by atoms with Crippen LogP contribution < -0.4 is 10.1 Å². The van der Waals surface area contributed by atoms with Crippen LogP contribution in [0.3, 0.4) is 0 Å². The first-order valence-corrected chi connectivity index (χ1v) is 10.1. The molecule has 0 radical (unpaired) electrons. The first kappa shape index (κ1) is 20.6. The molecule has 29 heavy (non-hydrogen) atoms. The number of hydrogen-bond donors (Lipinski definition) is 1. The van der Waals surface area contributed by atoms with Crippen LogP contribution in [0, 0.1) is 13.8 Å².